The molecule has 0 spiro atoms. The topological polar surface area (TPSA) is 9.86 Å². The molecule has 0 saturated heterocycles. The maximum absolute atomic E-state index is 2.41. The Labute approximate surface area is 274 Å². The first-order chi connectivity index (χ1) is 23.1. The molecule has 0 saturated carbocycles. The Morgan fingerprint density at radius 2 is 0.745 bits per heavy atom. The summed E-state index contributed by atoms with van der Waals surface area (Å²) in [6, 6.07) is 61.9. The van der Waals surface area contributed by atoms with Crippen molar-refractivity contribution in [3.05, 3.63) is 181 Å². The highest BCUT2D eigenvalue weighted by Crippen LogP contribution is 2.39. The van der Waals surface area contributed by atoms with E-state index in [-0.39, 0.29) is 5.41 Å². The largest absolute Gasteiger partial charge is 0.309 e. The third kappa shape index (κ3) is 4.33. The first-order valence-corrected chi connectivity index (χ1v) is 16.4. The minimum Gasteiger partial charge on any atom is -0.309 e. The van der Waals surface area contributed by atoms with E-state index in [1.807, 2.05) is 0 Å². The molecule has 0 bridgehead atoms. The molecule has 0 amide bonds. The molecular weight excluding hydrogens is 569 g/mol. The lowest BCUT2D eigenvalue weighted by Gasteiger charge is -2.26. The molecule has 2 nitrogen and oxygen atoms in total. The van der Waals surface area contributed by atoms with Gasteiger partial charge in [-0.1, -0.05) is 123 Å². The molecule has 0 fully saturated rings. The molecule has 9 aromatic rings. The lowest BCUT2D eigenvalue weighted by atomic mass is 9.78. The summed E-state index contributed by atoms with van der Waals surface area (Å²) in [4.78, 5) is 0. The van der Waals surface area contributed by atoms with E-state index >= 15 is 0 Å². The van der Waals surface area contributed by atoms with Crippen molar-refractivity contribution >= 4 is 43.6 Å². The Hall–Kier alpha value is -5.86. The Kier molecular flexibility index (Phi) is 6.20. The average Bonchev–Trinajstić information content (AvgIpc) is 3.64. The molecule has 224 valence electrons. The molecule has 2 heteroatoms. The first kappa shape index (κ1) is 27.5. The maximum Gasteiger partial charge on any atom is 0.0541 e. The van der Waals surface area contributed by atoms with E-state index < -0.39 is 0 Å². The molecule has 0 radical (unpaired) electrons. The zero-order chi connectivity index (χ0) is 31.5. The van der Waals surface area contributed by atoms with Gasteiger partial charge in [0.05, 0.1) is 22.1 Å². The van der Waals surface area contributed by atoms with Crippen LogP contribution in [0, 0.1) is 0 Å². The van der Waals surface area contributed by atoms with Crippen molar-refractivity contribution in [2.45, 2.75) is 19.3 Å². The van der Waals surface area contributed by atoms with Crippen molar-refractivity contribution in [1.82, 2.24) is 9.13 Å². The summed E-state index contributed by atoms with van der Waals surface area (Å²) in [6.45, 7) is 4.60. The fourth-order valence-electron chi connectivity index (χ4n) is 7.49. The summed E-state index contributed by atoms with van der Waals surface area (Å²) in [5.74, 6) is 0. The van der Waals surface area contributed by atoms with E-state index in [1.165, 1.54) is 77.2 Å². The number of fused-ring (bicyclic) bond motifs is 6. The SMILES string of the molecule is CC(C)(c1ccccc1)c1ccc(-n2c3ccccc3c3cc(-c4ccc5c(c4)c4ccccc4n5-c4ccccc4)ccc32)cc1. The fraction of sp³-hybridized carbons (Fsp3) is 0.0667. The summed E-state index contributed by atoms with van der Waals surface area (Å²) >= 11 is 0. The summed E-state index contributed by atoms with van der Waals surface area (Å²) in [6.07, 6.45) is 0. The van der Waals surface area contributed by atoms with Gasteiger partial charge in [-0.25, -0.2) is 0 Å². The minimum atomic E-state index is -0.0793. The Balaban J connectivity index is 1.17. The molecule has 0 aliphatic rings. The molecule has 0 aliphatic carbocycles. The summed E-state index contributed by atoms with van der Waals surface area (Å²) in [5.41, 5.74) is 12.2. The van der Waals surface area contributed by atoms with Gasteiger partial charge in [0, 0.05) is 38.3 Å². The number of nitrogens with zero attached hydrogens (tertiary/aromatic N) is 2. The smallest absolute Gasteiger partial charge is 0.0541 e. The molecule has 47 heavy (non-hydrogen) atoms. The van der Waals surface area contributed by atoms with Crippen LogP contribution in [-0.4, -0.2) is 9.13 Å². The van der Waals surface area contributed by atoms with Gasteiger partial charge in [0.1, 0.15) is 0 Å². The number of aromatic nitrogens is 2. The molecule has 2 aromatic heterocycles. The minimum absolute atomic E-state index is 0.0793. The second-order valence-electron chi connectivity index (χ2n) is 13.0. The second kappa shape index (κ2) is 10.6. The highest BCUT2D eigenvalue weighted by molar-refractivity contribution is 6.12. The van der Waals surface area contributed by atoms with E-state index in [0.29, 0.717) is 0 Å². The summed E-state index contributed by atoms with van der Waals surface area (Å²) in [7, 11) is 0. The van der Waals surface area contributed by atoms with Crippen molar-refractivity contribution < 1.29 is 0 Å². The van der Waals surface area contributed by atoms with Crippen LogP contribution >= 0.6 is 0 Å². The van der Waals surface area contributed by atoms with Gasteiger partial charge < -0.3 is 9.13 Å². The maximum atomic E-state index is 2.41. The summed E-state index contributed by atoms with van der Waals surface area (Å²) in [5, 5.41) is 5.06. The van der Waals surface area contributed by atoms with Crippen molar-refractivity contribution in [2.24, 2.45) is 0 Å². The van der Waals surface area contributed by atoms with Crippen LogP contribution in [0.2, 0.25) is 0 Å². The molecule has 7 aromatic carbocycles. The quantitative estimate of drug-likeness (QED) is 0.185. The number of rotatable bonds is 5. The van der Waals surface area contributed by atoms with E-state index in [9.17, 15) is 0 Å². The van der Waals surface area contributed by atoms with Gasteiger partial charge in [0.25, 0.3) is 0 Å². The molecule has 0 atom stereocenters. The highest BCUT2D eigenvalue weighted by Gasteiger charge is 2.23. The zero-order valence-electron chi connectivity index (χ0n) is 26.6. The van der Waals surface area contributed by atoms with Crippen LogP contribution < -0.4 is 0 Å². The lowest BCUT2D eigenvalue weighted by molar-refractivity contribution is 0.641. The molecule has 9 rings (SSSR count). The van der Waals surface area contributed by atoms with Crippen molar-refractivity contribution in [2.75, 3.05) is 0 Å². The molecular formula is C45H34N2. The predicted octanol–water partition coefficient (Wildman–Crippen LogP) is 11.9. The van der Waals surface area contributed by atoms with Gasteiger partial charge in [0.15, 0.2) is 0 Å². The van der Waals surface area contributed by atoms with Crippen LogP contribution in [0.4, 0.5) is 0 Å². The highest BCUT2D eigenvalue weighted by atomic mass is 15.0. The van der Waals surface area contributed by atoms with Gasteiger partial charge in [-0.3, -0.25) is 0 Å². The lowest BCUT2D eigenvalue weighted by Crippen LogP contribution is -2.18. The van der Waals surface area contributed by atoms with Crippen LogP contribution in [0.25, 0.3) is 66.1 Å². The van der Waals surface area contributed by atoms with Gasteiger partial charge in [0.2, 0.25) is 0 Å². The number of hydrogen-bond acceptors (Lipinski definition) is 0. The first-order valence-electron chi connectivity index (χ1n) is 16.4. The van der Waals surface area contributed by atoms with Crippen LogP contribution in [0.15, 0.2) is 170 Å². The third-order valence-corrected chi connectivity index (χ3v) is 10.0. The molecule has 0 unspecified atom stereocenters. The van der Waals surface area contributed by atoms with Crippen molar-refractivity contribution in [3.8, 4) is 22.5 Å². The van der Waals surface area contributed by atoms with Gasteiger partial charge in [-0.15, -0.1) is 0 Å². The van der Waals surface area contributed by atoms with Crippen LogP contribution in [0.1, 0.15) is 25.0 Å². The molecule has 0 aliphatic heterocycles. The number of hydrogen-bond donors (Lipinski definition) is 0. The van der Waals surface area contributed by atoms with E-state index in [1.54, 1.807) is 0 Å². The average molecular weight is 603 g/mol. The van der Waals surface area contributed by atoms with E-state index in [2.05, 4.69) is 193 Å². The fourth-order valence-corrected chi connectivity index (χ4v) is 7.49. The van der Waals surface area contributed by atoms with Crippen LogP contribution in [0.3, 0.4) is 0 Å². The van der Waals surface area contributed by atoms with E-state index in [4.69, 9.17) is 0 Å². The summed E-state index contributed by atoms with van der Waals surface area (Å²) < 4.78 is 4.78. The third-order valence-electron chi connectivity index (χ3n) is 10.0. The zero-order valence-corrected chi connectivity index (χ0v) is 26.6. The Morgan fingerprint density at radius 3 is 1.28 bits per heavy atom. The van der Waals surface area contributed by atoms with Crippen molar-refractivity contribution in [3.63, 3.8) is 0 Å². The van der Waals surface area contributed by atoms with Gasteiger partial charge in [-0.05, 0) is 82.9 Å². The number of benzene rings is 7. The Morgan fingerprint density at radius 1 is 0.340 bits per heavy atom. The standard InChI is InChI=1S/C45H34N2/c1-45(2,33-13-5-3-6-14-33)34-23-25-36(26-24-34)47-42-20-12-10-18-38(42)40-30-32(22-28-44(40)47)31-21-27-43-39(29-31)37-17-9-11-19-41(37)46(43)35-15-7-4-8-16-35/h3-30H,1-2H3. The van der Waals surface area contributed by atoms with Crippen LogP contribution in [-0.2, 0) is 5.41 Å². The predicted molar refractivity (Wildman–Crippen MR) is 199 cm³/mol. The monoisotopic (exact) mass is 602 g/mol. The molecule has 2 heterocycles. The Bertz CT molecular complexity index is 2570. The molecule has 0 N–H and O–H groups in total. The van der Waals surface area contributed by atoms with E-state index in [0.717, 1.165) is 0 Å². The van der Waals surface area contributed by atoms with Crippen LogP contribution in [0.5, 0.6) is 0 Å². The second-order valence-corrected chi connectivity index (χ2v) is 13.0. The van der Waals surface area contributed by atoms with Gasteiger partial charge >= 0.3 is 0 Å². The number of para-hydroxylation sites is 3. The normalized spacial score (nSPS) is 12.0. The van der Waals surface area contributed by atoms with Crippen molar-refractivity contribution in [1.29, 1.82) is 0 Å². The van der Waals surface area contributed by atoms with Gasteiger partial charge in [-0.2, -0.15) is 0 Å².